The van der Waals surface area contributed by atoms with Crippen LogP contribution in [0.15, 0.2) is 64.2 Å². The summed E-state index contributed by atoms with van der Waals surface area (Å²) >= 11 is 3.64. The van der Waals surface area contributed by atoms with Gasteiger partial charge in [-0.25, -0.2) is 13.8 Å². The van der Waals surface area contributed by atoms with Gasteiger partial charge in [-0.1, -0.05) is 47.4 Å². The maximum absolute atomic E-state index is 13.7. The molecular weight excluding hydrogens is 538 g/mol. The van der Waals surface area contributed by atoms with Gasteiger partial charge in [-0.15, -0.1) is 21.5 Å². The molecule has 2 aromatic heterocycles. The van der Waals surface area contributed by atoms with Crippen molar-refractivity contribution >= 4 is 51.3 Å². The minimum absolute atomic E-state index is 0.126. The number of thioether (sulfide) groups is 1. The fraction of sp³-hybridized carbons (Fsp3) is 0.160. The topological polar surface area (TPSA) is 96.3 Å². The van der Waals surface area contributed by atoms with Gasteiger partial charge in [-0.05, 0) is 49.2 Å². The third-order valence-electron chi connectivity index (χ3n) is 5.63. The van der Waals surface area contributed by atoms with Crippen LogP contribution in [0.25, 0.3) is 0 Å². The van der Waals surface area contributed by atoms with E-state index in [0.29, 0.717) is 31.2 Å². The molecule has 2 aromatic carbocycles. The molecule has 0 bridgehead atoms. The Kier molecular flexibility index (Phi) is 6.88. The molecule has 188 valence electrons. The van der Waals surface area contributed by atoms with Crippen molar-refractivity contribution in [2.24, 2.45) is 0 Å². The summed E-state index contributed by atoms with van der Waals surface area (Å²) in [5, 5.41) is 20.0. The van der Waals surface area contributed by atoms with Crippen LogP contribution in [0.2, 0.25) is 0 Å². The summed E-state index contributed by atoms with van der Waals surface area (Å²) in [5.74, 6) is -2.33. The molecule has 1 unspecified atom stereocenters. The third kappa shape index (κ3) is 4.91. The lowest BCUT2D eigenvalue weighted by Crippen LogP contribution is -2.31. The van der Waals surface area contributed by atoms with E-state index < -0.39 is 29.3 Å². The van der Waals surface area contributed by atoms with Gasteiger partial charge in [0, 0.05) is 5.75 Å². The number of aliphatic hydroxyl groups is 1. The zero-order valence-corrected chi connectivity index (χ0v) is 21.9. The van der Waals surface area contributed by atoms with E-state index in [0.717, 1.165) is 16.9 Å². The number of carbonyl (C=O) groups is 2. The van der Waals surface area contributed by atoms with Crippen LogP contribution in [0.3, 0.4) is 0 Å². The second-order valence-electron chi connectivity index (χ2n) is 8.13. The summed E-state index contributed by atoms with van der Waals surface area (Å²) in [6, 6.07) is 10.4. The number of aliphatic hydroxyl groups excluding tert-OH is 1. The van der Waals surface area contributed by atoms with Crippen molar-refractivity contribution in [2.75, 3.05) is 4.90 Å². The van der Waals surface area contributed by atoms with Crippen molar-refractivity contribution in [3.8, 4) is 0 Å². The number of aryl methyl sites for hydroxylation is 2. The Morgan fingerprint density at radius 2 is 1.68 bits per heavy atom. The van der Waals surface area contributed by atoms with Gasteiger partial charge in [0.2, 0.25) is 10.9 Å². The molecule has 7 nitrogen and oxygen atoms in total. The lowest BCUT2D eigenvalue weighted by atomic mass is 9.95. The van der Waals surface area contributed by atoms with Crippen LogP contribution in [0.5, 0.6) is 0 Å². The van der Waals surface area contributed by atoms with E-state index in [-0.39, 0.29) is 16.5 Å². The van der Waals surface area contributed by atoms with Gasteiger partial charge in [-0.3, -0.25) is 14.5 Å². The van der Waals surface area contributed by atoms with Crippen molar-refractivity contribution in [1.82, 2.24) is 15.2 Å². The molecule has 0 saturated carbocycles. The van der Waals surface area contributed by atoms with E-state index in [1.54, 1.807) is 26.0 Å². The van der Waals surface area contributed by atoms with Gasteiger partial charge in [0.05, 0.1) is 27.2 Å². The first-order chi connectivity index (χ1) is 17.7. The highest BCUT2D eigenvalue weighted by Crippen LogP contribution is 2.44. The highest BCUT2D eigenvalue weighted by molar-refractivity contribution is 8.00. The van der Waals surface area contributed by atoms with E-state index in [9.17, 15) is 23.5 Å². The first-order valence-electron chi connectivity index (χ1n) is 10.9. The summed E-state index contributed by atoms with van der Waals surface area (Å²) in [6.45, 7) is 3.45. The molecule has 1 N–H and O–H groups in total. The Morgan fingerprint density at radius 1 is 1.03 bits per heavy atom. The quantitative estimate of drug-likeness (QED) is 0.170. The van der Waals surface area contributed by atoms with Crippen LogP contribution in [0, 0.1) is 25.5 Å². The van der Waals surface area contributed by atoms with Gasteiger partial charge in [0.25, 0.3) is 5.91 Å². The standard InChI is InChI=1S/C25H18F2N4O3S3/c1-12-22(36-13(2)28-12)20(32)18-19(15-5-9-17(27)10-6-15)31(23(34)21(18)33)24-29-30-25(37-24)35-11-14-3-7-16(26)8-4-14/h3-10,19,33H,11H2,1-2H3. The molecule has 1 atom stereocenters. The summed E-state index contributed by atoms with van der Waals surface area (Å²) in [7, 11) is 0. The maximum atomic E-state index is 13.7. The van der Waals surface area contributed by atoms with Crippen molar-refractivity contribution in [2.45, 2.75) is 30.0 Å². The first kappa shape index (κ1) is 25.2. The van der Waals surface area contributed by atoms with Gasteiger partial charge < -0.3 is 5.11 Å². The number of nitrogens with zero attached hydrogens (tertiary/aromatic N) is 4. The molecule has 12 heteroatoms. The Labute approximate surface area is 222 Å². The smallest absolute Gasteiger partial charge is 0.296 e. The maximum Gasteiger partial charge on any atom is 0.296 e. The van der Waals surface area contributed by atoms with Crippen molar-refractivity contribution in [3.63, 3.8) is 0 Å². The predicted molar refractivity (Wildman–Crippen MR) is 138 cm³/mol. The summed E-state index contributed by atoms with van der Waals surface area (Å²) in [4.78, 5) is 32.7. The molecule has 5 rings (SSSR count). The molecule has 1 aliphatic heterocycles. The SMILES string of the molecule is Cc1nc(C)c(C(=O)C2=C(O)C(=O)N(c3nnc(SCc4ccc(F)cc4)s3)C2c2ccc(F)cc2)s1. The molecule has 1 amide bonds. The fourth-order valence-corrected chi connectivity index (χ4v) is 6.64. The van der Waals surface area contributed by atoms with Crippen LogP contribution in [0.1, 0.15) is 37.5 Å². The molecule has 37 heavy (non-hydrogen) atoms. The number of benzene rings is 2. The Hall–Kier alpha value is -3.48. The molecular formula is C25H18F2N4O3S3. The number of hydrogen-bond donors (Lipinski definition) is 1. The fourth-order valence-electron chi connectivity index (χ4n) is 3.94. The van der Waals surface area contributed by atoms with Crippen LogP contribution in [-0.4, -0.2) is 32.0 Å². The number of carbonyl (C=O) groups excluding carboxylic acids is 2. The van der Waals surface area contributed by atoms with E-state index in [2.05, 4.69) is 15.2 Å². The minimum Gasteiger partial charge on any atom is -0.503 e. The normalized spacial score (nSPS) is 15.6. The van der Waals surface area contributed by atoms with Crippen molar-refractivity contribution < 1.29 is 23.5 Å². The number of halogens is 2. The van der Waals surface area contributed by atoms with Crippen LogP contribution >= 0.6 is 34.4 Å². The largest absolute Gasteiger partial charge is 0.503 e. The second-order valence-corrected chi connectivity index (χ2v) is 11.5. The highest BCUT2D eigenvalue weighted by atomic mass is 32.2. The molecule has 0 saturated heterocycles. The molecule has 0 spiro atoms. The van der Waals surface area contributed by atoms with Gasteiger partial charge >= 0.3 is 0 Å². The molecule has 3 heterocycles. The predicted octanol–water partition coefficient (Wildman–Crippen LogP) is 5.96. The minimum atomic E-state index is -1.04. The number of ketones is 1. The van der Waals surface area contributed by atoms with Crippen molar-refractivity contribution in [1.29, 1.82) is 0 Å². The second kappa shape index (κ2) is 10.1. The number of Topliss-reactive ketones (excluding diaryl/α,β-unsaturated/α-hetero) is 1. The molecule has 0 aliphatic carbocycles. The molecule has 4 aromatic rings. The zero-order chi connectivity index (χ0) is 26.3. The first-order valence-corrected chi connectivity index (χ1v) is 13.6. The number of thiazole rings is 1. The number of rotatable bonds is 7. The van der Waals surface area contributed by atoms with E-state index in [1.165, 1.54) is 64.4 Å². The number of amides is 1. The highest BCUT2D eigenvalue weighted by Gasteiger charge is 2.46. The average molecular weight is 557 g/mol. The molecule has 0 radical (unpaired) electrons. The Morgan fingerprint density at radius 3 is 2.30 bits per heavy atom. The number of anilines is 1. The van der Waals surface area contributed by atoms with E-state index in [4.69, 9.17) is 0 Å². The van der Waals surface area contributed by atoms with Crippen LogP contribution in [-0.2, 0) is 10.5 Å². The van der Waals surface area contributed by atoms with Crippen LogP contribution in [0.4, 0.5) is 13.9 Å². The third-order valence-corrected chi connectivity index (χ3v) is 8.82. The van der Waals surface area contributed by atoms with Crippen molar-refractivity contribution in [3.05, 3.63) is 98.2 Å². The summed E-state index contributed by atoms with van der Waals surface area (Å²) < 4.78 is 27.4. The van der Waals surface area contributed by atoms with E-state index >= 15 is 0 Å². The Bertz CT molecular complexity index is 1530. The monoisotopic (exact) mass is 556 g/mol. The average Bonchev–Trinajstić information content (AvgIpc) is 3.55. The van der Waals surface area contributed by atoms with Gasteiger partial charge in [0.15, 0.2) is 10.1 Å². The number of hydrogen-bond acceptors (Lipinski definition) is 9. The number of aromatic nitrogens is 3. The zero-order valence-electron chi connectivity index (χ0n) is 19.4. The van der Waals surface area contributed by atoms with Crippen LogP contribution < -0.4 is 4.90 Å². The lowest BCUT2D eigenvalue weighted by Gasteiger charge is -2.24. The van der Waals surface area contributed by atoms with E-state index in [1.807, 2.05) is 0 Å². The molecule has 1 aliphatic rings. The molecule has 0 fully saturated rings. The Balaban J connectivity index is 1.50. The lowest BCUT2D eigenvalue weighted by molar-refractivity contribution is -0.117. The van der Waals surface area contributed by atoms with Gasteiger partial charge in [0.1, 0.15) is 11.6 Å². The van der Waals surface area contributed by atoms with Gasteiger partial charge in [-0.2, -0.15) is 0 Å². The summed E-state index contributed by atoms with van der Waals surface area (Å²) in [6.07, 6.45) is 0. The summed E-state index contributed by atoms with van der Waals surface area (Å²) in [5.41, 5.74) is 1.68.